The van der Waals surface area contributed by atoms with Crippen LogP contribution < -0.4 is 15.0 Å². The summed E-state index contributed by atoms with van der Waals surface area (Å²) in [6.45, 7) is 6.58. The summed E-state index contributed by atoms with van der Waals surface area (Å²) in [5.74, 6) is 1.31. The smallest absolute Gasteiger partial charge is 0.265 e. The number of fused-ring (bicyclic) bond motifs is 2. The van der Waals surface area contributed by atoms with E-state index in [0.717, 1.165) is 17.1 Å². The van der Waals surface area contributed by atoms with Crippen molar-refractivity contribution in [3.05, 3.63) is 41.5 Å². The normalized spacial score (nSPS) is 18.7. The largest absolute Gasteiger partial charge is 0.482 e. The van der Waals surface area contributed by atoms with Crippen molar-refractivity contribution in [2.24, 2.45) is 0 Å². The summed E-state index contributed by atoms with van der Waals surface area (Å²) in [4.78, 5) is 35.1. The zero-order valence-electron chi connectivity index (χ0n) is 15.7. The van der Waals surface area contributed by atoms with Crippen molar-refractivity contribution in [3.63, 3.8) is 0 Å². The number of nitrogens with one attached hydrogen (secondary N) is 1. The van der Waals surface area contributed by atoms with Crippen molar-refractivity contribution in [3.8, 4) is 5.75 Å². The third-order valence-corrected chi connectivity index (χ3v) is 5.00. The number of carbonyl (C=O) groups is 2. The molecule has 140 valence electrons. The maximum Gasteiger partial charge on any atom is 0.265 e. The summed E-state index contributed by atoms with van der Waals surface area (Å²) in [5, 5.41) is 2.93. The van der Waals surface area contributed by atoms with E-state index in [1.807, 2.05) is 39.0 Å². The van der Waals surface area contributed by atoms with Crippen LogP contribution in [0.25, 0.3) is 0 Å². The van der Waals surface area contributed by atoms with E-state index >= 15 is 0 Å². The number of aromatic nitrogens is 2. The lowest BCUT2D eigenvalue weighted by Crippen LogP contribution is -2.39. The Morgan fingerprint density at radius 3 is 2.89 bits per heavy atom. The van der Waals surface area contributed by atoms with Crippen molar-refractivity contribution in [2.75, 3.05) is 23.4 Å². The van der Waals surface area contributed by atoms with Crippen LogP contribution >= 0.6 is 0 Å². The van der Waals surface area contributed by atoms with E-state index in [2.05, 4.69) is 15.3 Å². The molecule has 2 aliphatic rings. The van der Waals surface area contributed by atoms with Gasteiger partial charge in [0, 0.05) is 36.7 Å². The first-order chi connectivity index (χ1) is 13.0. The van der Waals surface area contributed by atoms with E-state index in [0.29, 0.717) is 30.1 Å². The number of amides is 2. The van der Waals surface area contributed by atoms with Crippen LogP contribution in [0.2, 0.25) is 0 Å². The number of benzene rings is 1. The van der Waals surface area contributed by atoms with Gasteiger partial charge in [0.05, 0.1) is 11.4 Å². The first kappa shape index (κ1) is 17.5. The van der Waals surface area contributed by atoms with Crippen LogP contribution in [-0.4, -0.2) is 34.9 Å². The topological polar surface area (TPSA) is 84.4 Å². The van der Waals surface area contributed by atoms with Crippen molar-refractivity contribution >= 4 is 23.2 Å². The molecule has 1 aromatic carbocycles. The van der Waals surface area contributed by atoms with Gasteiger partial charge >= 0.3 is 0 Å². The fourth-order valence-electron chi connectivity index (χ4n) is 3.63. The van der Waals surface area contributed by atoms with Crippen molar-refractivity contribution in [1.82, 2.24) is 9.97 Å². The zero-order valence-corrected chi connectivity index (χ0v) is 15.7. The SMILES string of the molecule is CCN1C(=O)COc2cc3c(cc21)NC(=O)C[C@@H]3c1ccnc(C(C)C)n1. The molecule has 0 bridgehead atoms. The van der Waals surface area contributed by atoms with Gasteiger partial charge in [-0.05, 0) is 30.7 Å². The molecule has 0 saturated heterocycles. The second-order valence-electron chi connectivity index (χ2n) is 7.13. The Hall–Kier alpha value is -2.96. The molecule has 0 aliphatic carbocycles. The summed E-state index contributed by atoms with van der Waals surface area (Å²) < 4.78 is 5.67. The molecule has 7 nitrogen and oxygen atoms in total. The van der Waals surface area contributed by atoms with Gasteiger partial charge in [-0.1, -0.05) is 13.8 Å². The number of ether oxygens (including phenoxy) is 1. The van der Waals surface area contributed by atoms with Crippen LogP contribution in [-0.2, 0) is 9.59 Å². The minimum absolute atomic E-state index is 0.0294. The molecule has 2 aliphatic heterocycles. The predicted octanol–water partition coefficient (Wildman–Crippen LogP) is 2.82. The highest BCUT2D eigenvalue weighted by molar-refractivity contribution is 6.01. The molecule has 0 unspecified atom stereocenters. The van der Waals surface area contributed by atoms with Gasteiger partial charge in [0.2, 0.25) is 5.91 Å². The summed E-state index contributed by atoms with van der Waals surface area (Å²) in [7, 11) is 0. The molecular weight excluding hydrogens is 344 g/mol. The Kier molecular flexibility index (Phi) is 4.30. The van der Waals surface area contributed by atoms with Crippen LogP contribution in [0, 0.1) is 0 Å². The van der Waals surface area contributed by atoms with Crippen LogP contribution in [0.4, 0.5) is 11.4 Å². The summed E-state index contributed by atoms with van der Waals surface area (Å²) >= 11 is 0. The van der Waals surface area contributed by atoms with Crippen LogP contribution in [0.3, 0.4) is 0 Å². The molecule has 7 heteroatoms. The number of rotatable bonds is 3. The fraction of sp³-hybridized carbons (Fsp3) is 0.400. The van der Waals surface area contributed by atoms with E-state index < -0.39 is 0 Å². The third-order valence-electron chi connectivity index (χ3n) is 5.00. The van der Waals surface area contributed by atoms with Crippen LogP contribution in [0.5, 0.6) is 5.75 Å². The van der Waals surface area contributed by atoms with Crippen LogP contribution in [0.15, 0.2) is 24.4 Å². The highest BCUT2D eigenvalue weighted by atomic mass is 16.5. The zero-order chi connectivity index (χ0) is 19.1. The number of hydrogen-bond acceptors (Lipinski definition) is 5. The Morgan fingerprint density at radius 2 is 2.15 bits per heavy atom. The maximum atomic E-state index is 12.3. The first-order valence-corrected chi connectivity index (χ1v) is 9.21. The molecule has 2 aromatic rings. The van der Waals surface area contributed by atoms with Crippen molar-refractivity contribution in [2.45, 2.75) is 39.0 Å². The third kappa shape index (κ3) is 3.03. The summed E-state index contributed by atoms with van der Waals surface area (Å²) in [6, 6.07) is 5.63. The van der Waals surface area contributed by atoms with Gasteiger partial charge in [-0.15, -0.1) is 0 Å². The number of carbonyl (C=O) groups excluding carboxylic acids is 2. The number of likely N-dealkylation sites (N-methyl/N-ethyl adjacent to an activating group) is 1. The molecule has 0 radical (unpaired) electrons. The number of hydrogen-bond donors (Lipinski definition) is 1. The van der Waals surface area contributed by atoms with E-state index in [1.54, 1.807) is 11.1 Å². The van der Waals surface area contributed by atoms with E-state index in [1.165, 1.54) is 0 Å². The monoisotopic (exact) mass is 366 g/mol. The van der Waals surface area contributed by atoms with E-state index in [4.69, 9.17) is 4.74 Å². The Labute approximate surface area is 157 Å². The van der Waals surface area contributed by atoms with Gasteiger partial charge < -0.3 is 15.0 Å². The number of anilines is 2. The second kappa shape index (κ2) is 6.64. The molecular formula is C20H22N4O3. The highest BCUT2D eigenvalue weighted by Gasteiger charge is 2.32. The highest BCUT2D eigenvalue weighted by Crippen LogP contribution is 2.44. The molecule has 1 atom stereocenters. The van der Waals surface area contributed by atoms with Crippen LogP contribution in [0.1, 0.15) is 56.1 Å². The van der Waals surface area contributed by atoms with Gasteiger partial charge in [-0.2, -0.15) is 0 Å². The molecule has 0 fully saturated rings. The quantitative estimate of drug-likeness (QED) is 0.903. The first-order valence-electron chi connectivity index (χ1n) is 9.21. The van der Waals surface area contributed by atoms with Gasteiger partial charge in [-0.3, -0.25) is 9.59 Å². The maximum absolute atomic E-state index is 12.3. The average molecular weight is 366 g/mol. The lowest BCUT2D eigenvalue weighted by Gasteiger charge is -2.32. The van der Waals surface area contributed by atoms with Gasteiger partial charge in [-0.25, -0.2) is 9.97 Å². The minimum atomic E-state index is -0.171. The second-order valence-corrected chi connectivity index (χ2v) is 7.13. The van der Waals surface area contributed by atoms with Crippen molar-refractivity contribution in [1.29, 1.82) is 0 Å². The summed E-state index contributed by atoms with van der Waals surface area (Å²) in [6.07, 6.45) is 2.06. The van der Waals surface area contributed by atoms with E-state index in [9.17, 15) is 9.59 Å². The van der Waals surface area contributed by atoms with Gasteiger partial charge in [0.1, 0.15) is 11.6 Å². The summed E-state index contributed by atoms with van der Waals surface area (Å²) in [5.41, 5.74) is 3.17. The lowest BCUT2D eigenvalue weighted by molar-refractivity contribution is -0.121. The molecule has 0 saturated carbocycles. The van der Waals surface area contributed by atoms with E-state index in [-0.39, 0.29) is 30.3 Å². The number of nitrogens with zero attached hydrogens (tertiary/aromatic N) is 3. The molecule has 3 heterocycles. The molecule has 1 aromatic heterocycles. The Balaban J connectivity index is 1.82. The standard InChI is InChI=1S/C20H22N4O3/c1-4-24-16-9-15-12(7-17(16)27-10-19(24)26)13(8-18(25)22-15)14-5-6-21-20(23-14)11(2)3/h5-7,9,11,13H,4,8,10H2,1-3H3,(H,22,25)/t13-/m0/s1. The Bertz CT molecular complexity index is 925. The molecule has 27 heavy (non-hydrogen) atoms. The Morgan fingerprint density at radius 1 is 1.33 bits per heavy atom. The molecule has 2 amide bonds. The molecule has 4 rings (SSSR count). The van der Waals surface area contributed by atoms with Gasteiger partial charge in [0.25, 0.3) is 5.91 Å². The minimum Gasteiger partial charge on any atom is -0.482 e. The van der Waals surface area contributed by atoms with Gasteiger partial charge in [0.15, 0.2) is 6.61 Å². The fourth-order valence-corrected chi connectivity index (χ4v) is 3.63. The lowest BCUT2D eigenvalue weighted by atomic mass is 9.87. The molecule has 1 N–H and O–H groups in total. The predicted molar refractivity (Wildman–Crippen MR) is 101 cm³/mol. The average Bonchev–Trinajstić information content (AvgIpc) is 2.66. The molecule has 0 spiro atoms. The van der Waals surface area contributed by atoms with Crippen molar-refractivity contribution < 1.29 is 14.3 Å².